The fraction of sp³-hybridized carbons (Fsp3) is 0.533. The number of rotatable bonds is 3. The molecule has 110 valence electrons. The number of carbonyl (C=O) groups is 3. The van der Waals surface area contributed by atoms with E-state index in [2.05, 4.69) is 0 Å². The van der Waals surface area contributed by atoms with Gasteiger partial charge in [-0.3, -0.25) is 14.4 Å². The highest BCUT2D eigenvalue weighted by molar-refractivity contribution is 6.05. The van der Waals surface area contributed by atoms with Gasteiger partial charge < -0.3 is 9.47 Å². The molecule has 0 N–H and O–H groups in total. The Labute approximate surface area is 118 Å². The second kappa shape index (κ2) is 5.61. The number of hydrogen-bond donors (Lipinski definition) is 0. The van der Waals surface area contributed by atoms with E-state index in [0.717, 1.165) is 0 Å². The Bertz CT molecular complexity index is 493. The first-order valence-corrected chi connectivity index (χ1v) is 6.37. The largest absolute Gasteiger partial charge is 0.460 e. The summed E-state index contributed by atoms with van der Waals surface area (Å²) in [6.45, 7) is 8.45. The minimum atomic E-state index is -1.00. The van der Waals surface area contributed by atoms with Crippen molar-refractivity contribution < 1.29 is 23.9 Å². The lowest BCUT2D eigenvalue weighted by Gasteiger charge is -2.26. The minimum Gasteiger partial charge on any atom is -0.460 e. The molecule has 5 heteroatoms. The molecule has 0 amide bonds. The summed E-state index contributed by atoms with van der Waals surface area (Å²) in [5.41, 5.74) is -1.15. The van der Waals surface area contributed by atoms with E-state index in [0.29, 0.717) is 5.57 Å². The van der Waals surface area contributed by atoms with E-state index in [1.165, 1.54) is 12.2 Å². The van der Waals surface area contributed by atoms with Crippen LogP contribution in [0.3, 0.4) is 0 Å². The highest BCUT2D eigenvalue weighted by Gasteiger charge is 2.29. The molecule has 0 aromatic rings. The van der Waals surface area contributed by atoms with Crippen LogP contribution in [0.1, 0.15) is 41.0 Å². The Morgan fingerprint density at radius 2 is 1.85 bits per heavy atom. The van der Waals surface area contributed by atoms with Gasteiger partial charge >= 0.3 is 11.9 Å². The SMILES string of the molecule is CC1=CC(C)(OC(=O)CC(=O)OC(C)(C)C)C=CC1=O. The number of esters is 2. The fourth-order valence-electron chi connectivity index (χ4n) is 1.76. The normalized spacial score (nSPS) is 22.2. The van der Waals surface area contributed by atoms with Crippen molar-refractivity contribution in [1.29, 1.82) is 0 Å². The van der Waals surface area contributed by atoms with Gasteiger partial charge in [-0.25, -0.2) is 0 Å². The smallest absolute Gasteiger partial charge is 0.318 e. The molecule has 0 aromatic heterocycles. The number of allylic oxidation sites excluding steroid dienone is 2. The van der Waals surface area contributed by atoms with Crippen LogP contribution < -0.4 is 0 Å². The molecule has 0 spiro atoms. The van der Waals surface area contributed by atoms with Gasteiger partial charge in [0.15, 0.2) is 5.78 Å². The molecule has 0 aromatic carbocycles. The molecular weight excluding hydrogens is 260 g/mol. The van der Waals surface area contributed by atoms with Crippen LogP contribution in [0.4, 0.5) is 0 Å². The summed E-state index contributed by atoms with van der Waals surface area (Å²) in [4.78, 5) is 34.6. The van der Waals surface area contributed by atoms with Crippen molar-refractivity contribution in [2.45, 2.75) is 52.2 Å². The summed E-state index contributed by atoms with van der Waals surface area (Å²) in [5, 5.41) is 0. The van der Waals surface area contributed by atoms with Gasteiger partial charge in [-0.15, -0.1) is 0 Å². The lowest BCUT2D eigenvalue weighted by molar-refractivity contribution is -0.164. The van der Waals surface area contributed by atoms with Crippen LogP contribution in [-0.2, 0) is 23.9 Å². The van der Waals surface area contributed by atoms with E-state index >= 15 is 0 Å². The number of ketones is 1. The van der Waals surface area contributed by atoms with E-state index in [4.69, 9.17) is 9.47 Å². The fourth-order valence-corrected chi connectivity index (χ4v) is 1.76. The number of carbonyl (C=O) groups excluding carboxylic acids is 3. The summed E-state index contributed by atoms with van der Waals surface area (Å²) >= 11 is 0. The quantitative estimate of drug-likeness (QED) is 0.585. The summed E-state index contributed by atoms with van der Waals surface area (Å²) in [7, 11) is 0. The molecule has 1 unspecified atom stereocenters. The van der Waals surface area contributed by atoms with Gasteiger partial charge in [0, 0.05) is 0 Å². The standard InChI is InChI=1S/C15H20O5/c1-10-9-15(5,7-6-11(10)16)20-13(18)8-12(17)19-14(2,3)4/h6-7,9H,8H2,1-5H3. The molecule has 0 heterocycles. The van der Waals surface area contributed by atoms with Gasteiger partial charge in [-0.1, -0.05) is 0 Å². The van der Waals surface area contributed by atoms with E-state index < -0.39 is 29.6 Å². The highest BCUT2D eigenvalue weighted by Crippen LogP contribution is 2.22. The summed E-state index contributed by atoms with van der Waals surface area (Å²) in [6, 6.07) is 0. The lowest BCUT2D eigenvalue weighted by Crippen LogP contribution is -2.32. The van der Waals surface area contributed by atoms with Gasteiger partial charge in [-0.05, 0) is 58.4 Å². The van der Waals surface area contributed by atoms with Crippen LogP contribution in [-0.4, -0.2) is 28.9 Å². The summed E-state index contributed by atoms with van der Waals surface area (Å²) in [6.07, 6.45) is 3.95. The van der Waals surface area contributed by atoms with Gasteiger partial charge in [-0.2, -0.15) is 0 Å². The summed E-state index contributed by atoms with van der Waals surface area (Å²) < 4.78 is 10.3. The predicted molar refractivity (Wildman–Crippen MR) is 72.9 cm³/mol. The molecular formula is C15H20O5. The zero-order valence-corrected chi connectivity index (χ0v) is 12.5. The first-order valence-electron chi connectivity index (χ1n) is 6.37. The second-order valence-corrected chi connectivity index (χ2v) is 5.95. The van der Waals surface area contributed by atoms with Crippen molar-refractivity contribution in [1.82, 2.24) is 0 Å². The summed E-state index contributed by atoms with van der Waals surface area (Å²) in [5.74, 6) is -1.45. The average molecular weight is 280 g/mol. The number of ether oxygens (including phenoxy) is 2. The average Bonchev–Trinajstić information content (AvgIpc) is 2.20. The molecule has 1 aliphatic carbocycles. The molecule has 1 rings (SSSR count). The van der Waals surface area contributed by atoms with Gasteiger partial charge in [0.25, 0.3) is 0 Å². The molecule has 0 fully saturated rings. The van der Waals surface area contributed by atoms with Crippen molar-refractivity contribution in [2.75, 3.05) is 0 Å². The molecule has 0 aliphatic heterocycles. The predicted octanol–water partition coefficient (Wildman–Crippen LogP) is 2.11. The zero-order valence-electron chi connectivity index (χ0n) is 12.5. The Morgan fingerprint density at radius 3 is 2.35 bits per heavy atom. The van der Waals surface area contributed by atoms with Crippen LogP contribution in [0, 0.1) is 0 Å². The Balaban J connectivity index is 2.61. The molecule has 0 saturated carbocycles. The van der Waals surface area contributed by atoms with Crippen LogP contribution in [0.15, 0.2) is 23.8 Å². The van der Waals surface area contributed by atoms with Crippen LogP contribution in [0.2, 0.25) is 0 Å². The van der Waals surface area contributed by atoms with Crippen LogP contribution in [0.25, 0.3) is 0 Å². The molecule has 0 bridgehead atoms. The van der Waals surface area contributed by atoms with E-state index in [1.807, 2.05) is 0 Å². The third-order valence-electron chi connectivity index (χ3n) is 2.50. The molecule has 1 aliphatic rings. The van der Waals surface area contributed by atoms with Crippen molar-refractivity contribution in [2.24, 2.45) is 0 Å². The van der Waals surface area contributed by atoms with Gasteiger partial charge in [0.2, 0.25) is 0 Å². The Morgan fingerprint density at radius 1 is 1.25 bits per heavy atom. The zero-order chi connectivity index (χ0) is 15.6. The van der Waals surface area contributed by atoms with E-state index in [1.54, 1.807) is 40.7 Å². The maximum atomic E-state index is 11.7. The lowest BCUT2D eigenvalue weighted by atomic mass is 9.94. The topological polar surface area (TPSA) is 69.7 Å². The molecule has 0 saturated heterocycles. The van der Waals surface area contributed by atoms with E-state index in [9.17, 15) is 14.4 Å². The van der Waals surface area contributed by atoms with Crippen molar-refractivity contribution in [3.8, 4) is 0 Å². The first-order chi connectivity index (χ1) is 9.01. The van der Waals surface area contributed by atoms with Gasteiger partial charge in [0.1, 0.15) is 17.6 Å². The highest BCUT2D eigenvalue weighted by atomic mass is 16.6. The number of hydrogen-bond acceptors (Lipinski definition) is 5. The Kier molecular flexibility index (Phi) is 4.53. The maximum absolute atomic E-state index is 11.7. The molecule has 20 heavy (non-hydrogen) atoms. The van der Waals surface area contributed by atoms with E-state index in [-0.39, 0.29) is 5.78 Å². The van der Waals surface area contributed by atoms with Crippen molar-refractivity contribution in [3.63, 3.8) is 0 Å². The minimum absolute atomic E-state index is 0.120. The van der Waals surface area contributed by atoms with Gasteiger partial charge in [0.05, 0.1) is 0 Å². The maximum Gasteiger partial charge on any atom is 0.318 e. The molecule has 0 radical (unpaired) electrons. The third kappa shape index (κ3) is 4.99. The monoisotopic (exact) mass is 280 g/mol. The van der Waals surface area contributed by atoms with Crippen molar-refractivity contribution >= 4 is 17.7 Å². The van der Waals surface area contributed by atoms with Crippen LogP contribution in [0.5, 0.6) is 0 Å². The third-order valence-corrected chi connectivity index (χ3v) is 2.50. The second-order valence-electron chi connectivity index (χ2n) is 5.95. The molecule has 1 atom stereocenters. The Hall–Kier alpha value is -1.91. The van der Waals surface area contributed by atoms with Crippen LogP contribution >= 0.6 is 0 Å². The van der Waals surface area contributed by atoms with Crippen molar-refractivity contribution in [3.05, 3.63) is 23.8 Å². The first kappa shape index (κ1) is 16.1. The molecule has 5 nitrogen and oxygen atoms in total.